The summed E-state index contributed by atoms with van der Waals surface area (Å²) in [6.45, 7) is 2.21. The van der Waals surface area contributed by atoms with Gasteiger partial charge in [-0.05, 0) is 12.8 Å². The molecule has 2 nitrogen and oxygen atoms in total. The standard InChI is InChI=1S/C12H21NO/c1-3-4-5-6-7-8-9-10-11-12(14)13-2/h8-11H,3-7H2,1-2H3,(H,13,14). The maximum atomic E-state index is 10.8. The zero-order chi connectivity index (χ0) is 10.6. The lowest BCUT2D eigenvalue weighted by Crippen LogP contribution is -2.13. The fraction of sp³-hybridized carbons (Fsp3) is 0.583. The summed E-state index contributed by atoms with van der Waals surface area (Å²) in [6, 6.07) is 0. The van der Waals surface area contributed by atoms with Gasteiger partial charge in [0.25, 0.3) is 0 Å². The molecule has 2 heteroatoms. The summed E-state index contributed by atoms with van der Waals surface area (Å²) >= 11 is 0. The third-order valence-electron chi connectivity index (χ3n) is 1.97. The van der Waals surface area contributed by atoms with Crippen LogP contribution in [-0.4, -0.2) is 13.0 Å². The molecular formula is C12H21NO. The largest absolute Gasteiger partial charge is 0.356 e. The average Bonchev–Trinajstić information content (AvgIpc) is 2.21. The minimum absolute atomic E-state index is 0.0550. The van der Waals surface area contributed by atoms with Gasteiger partial charge in [-0.3, -0.25) is 4.79 Å². The van der Waals surface area contributed by atoms with Crippen molar-refractivity contribution in [2.45, 2.75) is 39.0 Å². The van der Waals surface area contributed by atoms with Crippen LogP contribution in [0.15, 0.2) is 24.3 Å². The van der Waals surface area contributed by atoms with Crippen LogP contribution in [0.1, 0.15) is 39.0 Å². The SMILES string of the molecule is CCCCCCC=CC=CC(=O)NC. The van der Waals surface area contributed by atoms with E-state index in [1.807, 2.05) is 6.08 Å². The molecule has 0 aromatic rings. The van der Waals surface area contributed by atoms with Gasteiger partial charge in [0, 0.05) is 13.1 Å². The van der Waals surface area contributed by atoms with E-state index in [4.69, 9.17) is 0 Å². The number of amides is 1. The molecule has 1 amide bonds. The molecule has 0 aliphatic carbocycles. The monoisotopic (exact) mass is 195 g/mol. The first-order valence-corrected chi connectivity index (χ1v) is 5.36. The first-order valence-electron chi connectivity index (χ1n) is 5.36. The van der Waals surface area contributed by atoms with Crippen LogP contribution in [0, 0.1) is 0 Å². The van der Waals surface area contributed by atoms with Gasteiger partial charge in [0.15, 0.2) is 0 Å². The van der Waals surface area contributed by atoms with E-state index in [2.05, 4.69) is 18.3 Å². The van der Waals surface area contributed by atoms with Crippen LogP contribution in [0.25, 0.3) is 0 Å². The lowest BCUT2D eigenvalue weighted by Gasteiger charge is -1.93. The Morgan fingerprint density at radius 2 is 2.00 bits per heavy atom. The second kappa shape index (κ2) is 10.0. The molecular weight excluding hydrogens is 174 g/mol. The van der Waals surface area contributed by atoms with Gasteiger partial charge in [0.05, 0.1) is 0 Å². The topological polar surface area (TPSA) is 29.1 Å². The minimum atomic E-state index is -0.0550. The lowest BCUT2D eigenvalue weighted by atomic mass is 10.1. The summed E-state index contributed by atoms with van der Waals surface area (Å²) in [7, 11) is 1.63. The summed E-state index contributed by atoms with van der Waals surface area (Å²) in [5.74, 6) is -0.0550. The average molecular weight is 195 g/mol. The zero-order valence-corrected chi connectivity index (χ0v) is 9.25. The maximum Gasteiger partial charge on any atom is 0.243 e. The lowest BCUT2D eigenvalue weighted by molar-refractivity contribution is -0.116. The number of carbonyl (C=O) groups excluding carboxylic acids is 1. The van der Waals surface area contributed by atoms with E-state index < -0.39 is 0 Å². The first kappa shape index (κ1) is 12.9. The highest BCUT2D eigenvalue weighted by Gasteiger charge is 1.85. The molecule has 0 atom stereocenters. The molecule has 14 heavy (non-hydrogen) atoms. The van der Waals surface area contributed by atoms with Crippen LogP contribution in [0.3, 0.4) is 0 Å². The van der Waals surface area contributed by atoms with E-state index in [0.717, 1.165) is 6.42 Å². The van der Waals surface area contributed by atoms with Crippen LogP contribution < -0.4 is 5.32 Å². The summed E-state index contributed by atoms with van der Waals surface area (Å²) in [4.78, 5) is 10.8. The molecule has 0 radical (unpaired) electrons. The van der Waals surface area contributed by atoms with E-state index in [1.165, 1.54) is 31.8 Å². The predicted molar refractivity (Wildman–Crippen MR) is 61.1 cm³/mol. The number of carbonyl (C=O) groups is 1. The van der Waals surface area contributed by atoms with Crippen molar-refractivity contribution >= 4 is 5.91 Å². The van der Waals surface area contributed by atoms with Crippen LogP contribution in [0.2, 0.25) is 0 Å². The highest BCUT2D eigenvalue weighted by molar-refractivity contribution is 5.87. The van der Waals surface area contributed by atoms with Crippen molar-refractivity contribution in [3.8, 4) is 0 Å². The highest BCUT2D eigenvalue weighted by atomic mass is 16.1. The smallest absolute Gasteiger partial charge is 0.243 e. The Morgan fingerprint density at radius 1 is 1.21 bits per heavy atom. The molecule has 0 aromatic heterocycles. The molecule has 0 saturated carbocycles. The minimum Gasteiger partial charge on any atom is -0.356 e. The Balaban J connectivity index is 3.35. The van der Waals surface area contributed by atoms with E-state index >= 15 is 0 Å². The van der Waals surface area contributed by atoms with E-state index in [1.54, 1.807) is 13.1 Å². The predicted octanol–water partition coefficient (Wildman–Crippen LogP) is 2.82. The molecule has 0 unspecified atom stereocenters. The summed E-state index contributed by atoms with van der Waals surface area (Å²) < 4.78 is 0. The Bertz CT molecular complexity index is 194. The van der Waals surface area contributed by atoms with Crippen molar-refractivity contribution in [2.24, 2.45) is 0 Å². The Hall–Kier alpha value is -1.05. The molecule has 0 aliphatic heterocycles. The number of likely N-dealkylation sites (N-methyl/N-ethyl adjacent to an activating group) is 1. The molecule has 0 aromatic carbocycles. The van der Waals surface area contributed by atoms with Crippen molar-refractivity contribution < 1.29 is 4.79 Å². The van der Waals surface area contributed by atoms with Crippen LogP contribution in [0.5, 0.6) is 0 Å². The molecule has 0 fully saturated rings. The molecule has 0 rings (SSSR count). The normalized spacial score (nSPS) is 11.3. The molecule has 0 spiro atoms. The Morgan fingerprint density at radius 3 is 2.64 bits per heavy atom. The third kappa shape index (κ3) is 9.04. The van der Waals surface area contributed by atoms with Crippen molar-refractivity contribution in [2.75, 3.05) is 7.05 Å². The van der Waals surface area contributed by atoms with Gasteiger partial charge in [0.1, 0.15) is 0 Å². The highest BCUT2D eigenvalue weighted by Crippen LogP contribution is 2.02. The van der Waals surface area contributed by atoms with Gasteiger partial charge in [-0.2, -0.15) is 0 Å². The quantitative estimate of drug-likeness (QED) is 0.378. The van der Waals surface area contributed by atoms with Gasteiger partial charge < -0.3 is 5.32 Å². The molecule has 0 bridgehead atoms. The van der Waals surface area contributed by atoms with Crippen LogP contribution in [-0.2, 0) is 4.79 Å². The van der Waals surface area contributed by atoms with Gasteiger partial charge in [0.2, 0.25) is 5.91 Å². The third-order valence-corrected chi connectivity index (χ3v) is 1.97. The molecule has 0 saturated heterocycles. The molecule has 80 valence electrons. The maximum absolute atomic E-state index is 10.8. The number of allylic oxidation sites excluding steroid dienone is 3. The Kier molecular flexibility index (Phi) is 9.28. The molecule has 0 aliphatic rings. The van der Waals surface area contributed by atoms with Crippen LogP contribution in [0.4, 0.5) is 0 Å². The number of unbranched alkanes of at least 4 members (excludes halogenated alkanes) is 4. The fourth-order valence-electron chi connectivity index (χ4n) is 1.09. The van der Waals surface area contributed by atoms with Gasteiger partial charge >= 0.3 is 0 Å². The Labute approximate surface area is 87.1 Å². The molecule has 0 heterocycles. The number of hydrogen-bond acceptors (Lipinski definition) is 1. The van der Waals surface area contributed by atoms with Crippen LogP contribution >= 0.6 is 0 Å². The summed E-state index contributed by atoms with van der Waals surface area (Å²) in [5.41, 5.74) is 0. The van der Waals surface area contributed by atoms with E-state index in [0.29, 0.717) is 0 Å². The molecule has 1 N–H and O–H groups in total. The summed E-state index contributed by atoms with van der Waals surface area (Å²) in [5, 5.41) is 2.52. The van der Waals surface area contributed by atoms with Crippen molar-refractivity contribution in [3.63, 3.8) is 0 Å². The van der Waals surface area contributed by atoms with Gasteiger partial charge in [-0.1, -0.05) is 44.4 Å². The van der Waals surface area contributed by atoms with E-state index in [9.17, 15) is 4.79 Å². The first-order chi connectivity index (χ1) is 6.81. The summed E-state index contributed by atoms with van der Waals surface area (Å²) in [6.07, 6.45) is 13.6. The number of nitrogens with one attached hydrogen (secondary N) is 1. The van der Waals surface area contributed by atoms with Crippen molar-refractivity contribution in [1.82, 2.24) is 5.32 Å². The van der Waals surface area contributed by atoms with Crippen molar-refractivity contribution in [1.29, 1.82) is 0 Å². The second-order valence-electron chi connectivity index (χ2n) is 3.25. The van der Waals surface area contributed by atoms with Crippen molar-refractivity contribution in [3.05, 3.63) is 24.3 Å². The second-order valence-corrected chi connectivity index (χ2v) is 3.25. The van der Waals surface area contributed by atoms with E-state index in [-0.39, 0.29) is 5.91 Å². The zero-order valence-electron chi connectivity index (χ0n) is 9.25. The van der Waals surface area contributed by atoms with Gasteiger partial charge in [-0.15, -0.1) is 0 Å². The van der Waals surface area contributed by atoms with Gasteiger partial charge in [-0.25, -0.2) is 0 Å². The fourth-order valence-corrected chi connectivity index (χ4v) is 1.09. The number of rotatable bonds is 7. The number of hydrogen-bond donors (Lipinski definition) is 1.